The van der Waals surface area contributed by atoms with Crippen LogP contribution < -0.4 is 4.90 Å². The van der Waals surface area contributed by atoms with E-state index in [1.54, 1.807) is 7.05 Å². The maximum absolute atomic E-state index is 12.2. The number of aromatic nitrogens is 1. The molecule has 0 aliphatic heterocycles. The molecule has 2 aromatic rings. The highest BCUT2D eigenvalue weighted by Gasteiger charge is 2.20. The minimum absolute atomic E-state index is 0.105. The molecule has 1 heterocycles. The first-order valence-electron chi connectivity index (χ1n) is 5.53. The van der Waals surface area contributed by atoms with Gasteiger partial charge in [0.05, 0.1) is 0 Å². The van der Waals surface area contributed by atoms with Crippen LogP contribution in [0.2, 0.25) is 0 Å². The second kappa shape index (κ2) is 5.19. The second-order valence-electron chi connectivity index (χ2n) is 3.99. The molecule has 0 aliphatic carbocycles. The van der Waals surface area contributed by atoms with Crippen molar-refractivity contribution in [2.24, 2.45) is 0 Å². The Morgan fingerprint density at radius 2 is 2.00 bits per heavy atom. The Labute approximate surface area is 114 Å². The number of carboxylic acid groups (broad SMARTS) is 1. The quantitative estimate of drug-likeness (QED) is 0.934. The molecule has 19 heavy (non-hydrogen) atoms. The average Bonchev–Trinajstić information content (AvgIpc) is 2.87. The standard InChI is InChI=1S/C13H12N2O3S/c1-8-5-3-4-6-10(8)15(2)12(16)11-14-9(7-19-11)13(17)18/h3-7H,1-2H3,(H,17,18). The highest BCUT2D eigenvalue weighted by atomic mass is 32.1. The van der Waals surface area contributed by atoms with Gasteiger partial charge in [0.1, 0.15) is 0 Å². The van der Waals surface area contributed by atoms with Crippen LogP contribution in [-0.2, 0) is 0 Å². The molecule has 0 radical (unpaired) electrons. The first-order chi connectivity index (χ1) is 9.00. The van der Waals surface area contributed by atoms with Gasteiger partial charge in [0.25, 0.3) is 5.91 Å². The molecular formula is C13H12N2O3S. The van der Waals surface area contributed by atoms with E-state index in [4.69, 9.17) is 5.11 Å². The second-order valence-corrected chi connectivity index (χ2v) is 4.85. The summed E-state index contributed by atoms with van der Waals surface area (Å²) >= 11 is 1.03. The third kappa shape index (κ3) is 2.63. The van der Waals surface area contributed by atoms with Crippen molar-refractivity contribution in [3.63, 3.8) is 0 Å². The van der Waals surface area contributed by atoms with Crippen LogP contribution in [0.4, 0.5) is 5.69 Å². The summed E-state index contributed by atoms with van der Waals surface area (Å²) in [6.45, 7) is 1.91. The molecule has 6 heteroatoms. The third-order valence-electron chi connectivity index (χ3n) is 2.69. The van der Waals surface area contributed by atoms with E-state index in [0.717, 1.165) is 22.6 Å². The fraction of sp³-hybridized carbons (Fsp3) is 0.154. The maximum Gasteiger partial charge on any atom is 0.355 e. The van der Waals surface area contributed by atoms with Crippen molar-refractivity contribution in [2.75, 3.05) is 11.9 Å². The van der Waals surface area contributed by atoms with E-state index >= 15 is 0 Å². The van der Waals surface area contributed by atoms with E-state index in [0.29, 0.717) is 0 Å². The summed E-state index contributed by atoms with van der Waals surface area (Å²) in [4.78, 5) is 28.2. The van der Waals surface area contributed by atoms with Gasteiger partial charge in [-0.15, -0.1) is 11.3 Å². The molecule has 0 unspecified atom stereocenters. The van der Waals surface area contributed by atoms with Crippen molar-refractivity contribution in [1.29, 1.82) is 0 Å². The number of carbonyl (C=O) groups is 2. The van der Waals surface area contributed by atoms with E-state index in [-0.39, 0.29) is 16.6 Å². The number of amides is 1. The zero-order valence-electron chi connectivity index (χ0n) is 10.5. The van der Waals surface area contributed by atoms with Crippen molar-refractivity contribution in [3.05, 3.63) is 45.9 Å². The fourth-order valence-corrected chi connectivity index (χ4v) is 2.43. The monoisotopic (exact) mass is 276 g/mol. The molecule has 5 nitrogen and oxygen atoms in total. The molecule has 0 aliphatic rings. The summed E-state index contributed by atoms with van der Waals surface area (Å²) in [6.07, 6.45) is 0. The molecule has 1 aromatic heterocycles. The molecule has 98 valence electrons. The van der Waals surface area contributed by atoms with E-state index in [2.05, 4.69) is 4.98 Å². The lowest BCUT2D eigenvalue weighted by atomic mass is 10.2. The molecule has 0 bridgehead atoms. The number of aromatic carboxylic acids is 1. The summed E-state index contributed by atoms with van der Waals surface area (Å²) in [7, 11) is 1.65. The zero-order valence-corrected chi connectivity index (χ0v) is 11.3. The predicted molar refractivity (Wildman–Crippen MR) is 73.0 cm³/mol. The first kappa shape index (κ1) is 13.2. The van der Waals surface area contributed by atoms with Crippen molar-refractivity contribution >= 4 is 28.9 Å². The number of carbonyl (C=O) groups excluding carboxylic acids is 1. The molecule has 0 saturated heterocycles. The number of rotatable bonds is 3. The number of aryl methyl sites for hydroxylation is 1. The van der Waals surface area contributed by atoms with Gasteiger partial charge in [-0.25, -0.2) is 9.78 Å². The number of carboxylic acids is 1. The highest BCUT2D eigenvalue weighted by molar-refractivity contribution is 7.12. The number of hydrogen-bond acceptors (Lipinski definition) is 4. The van der Waals surface area contributed by atoms with Crippen LogP contribution in [0, 0.1) is 6.92 Å². The Kier molecular flexibility index (Phi) is 3.62. The van der Waals surface area contributed by atoms with Gasteiger partial charge < -0.3 is 10.0 Å². The number of benzene rings is 1. The lowest BCUT2D eigenvalue weighted by molar-refractivity contribution is 0.0691. The third-order valence-corrected chi connectivity index (χ3v) is 3.52. The van der Waals surface area contributed by atoms with Crippen molar-refractivity contribution in [1.82, 2.24) is 4.98 Å². The van der Waals surface area contributed by atoms with Crippen LogP contribution in [-0.4, -0.2) is 29.0 Å². The van der Waals surface area contributed by atoms with Crippen molar-refractivity contribution in [3.8, 4) is 0 Å². The Morgan fingerprint density at radius 1 is 1.32 bits per heavy atom. The van der Waals surface area contributed by atoms with Gasteiger partial charge in [0.15, 0.2) is 10.7 Å². The van der Waals surface area contributed by atoms with Gasteiger partial charge in [0, 0.05) is 18.1 Å². The number of anilines is 1. The molecule has 1 aromatic carbocycles. The Bertz CT molecular complexity index is 636. The van der Waals surface area contributed by atoms with Gasteiger partial charge in [-0.2, -0.15) is 0 Å². The minimum atomic E-state index is -1.13. The minimum Gasteiger partial charge on any atom is -0.476 e. The average molecular weight is 276 g/mol. The van der Waals surface area contributed by atoms with E-state index in [1.165, 1.54) is 10.3 Å². The maximum atomic E-state index is 12.2. The molecule has 1 N–H and O–H groups in total. The van der Waals surface area contributed by atoms with E-state index in [9.17, 15) is 9.59 Å². The van der Waals surface area contributed by atoms with Gasteiger partial charge in [-0.1, -0.05) is 18.2 Å². The Morgan fingerprint density at radius 3 is 2.58 bits per heavy atom. The van der Waals surface area contributed by atoms with Crippen LogP contribution >= 0.6 is 11.3 Å². The lowest BCUT2D eigenvalue weighted by Crippen LogP contribution is -2.26. The predicted octanol–water partition coefficient (Wildman–Crippen LogP) is 2.43. The molecule has 0 atom stereocenters. The van der Waals surface area contributed by atoms with Crippen LogP contribution in [0.1, 0.15) is 25.9 Å². The van der Waals surface area contributed by atoms with Crippen molar-refractivity contribution in [2.45, 2.75) is 6.92 Å². The number of nitrogens with zero attached hydrogens (tertiary/aromatic N) is 2. The topological polar surface area (TPSA) is 70.5 Å². The fourth-order valence-electron chi connectivity index (χ4n) is 1.66. The summed E-state index contributed by atoms with van der Waals surface area (Å²) in [6, 6.07) is 7.47. The Balaban J connectivity index is 2.28. The largest absolute Gasteiger partial charge is 0.476 e. The summed E-state index contributed by atoms with van der Waals surface area (Å²) in [5.41, 5.74) is 1.64. The number of thiazole rings is 1. The highest BCUT2D eigenvalue weighted by Crippen LogP contribution is 2.21. The summed E-state index contributed by atoms with van der Waals surface area (Å²) in [5, 5.41) is 10.3. The SMILES string of the molecule is Cc1ccccc1N(C)C(=O)c1nc(C(=O)O)cs1. The first-order valence-corrected chi connectivity index (χ1v) is 6.41. The van der Waals surface area contributed by atoms with Gasteiger partial charge in [0.2, 0.25) is 0 Å². The van der Waals surface area contributed by atoms with Crippen molar-refractivity contribution < 1.29 is 14.7 Å². The molecular weight excluding hydrogens is 264 g/mol. The number of hydrogen-bond donors (Lipinski definition) is 1. The molecule has 1 amide bonds. The van der Waals surface area contributed by atoms with E-state index in [1.807, 2.05) is 31.2 Å². The smallest absolute Gasteiger partial charge is 0.355 e. The Hall–Kier alpha value is -2.21. The normalized spacial score (nSPS) is 10.2. The molecule has 0 spiro atoms. The zero-order chi connectivity index (χ0) is 14.0. The molecule has 0 fully saturated rings. The lowest BCUT2D eigenvalue weighted by Gasteiger charge is -2.17. The van der Waals surface area contributed by atoms with E-state index < -0.39 is 5.97 Å². The van der Waals surface area contributed by atoms with Crippen LogP contribution in [0.5, 0.6) is 0 Å². The molecule has 0 saturated carbocycles. The number of para-hydroxylation sites is 1. The van der Waals surface area contributed by atoms with Gasteiger partial charge >= 0.3 is 5.97 Å². The van der Waals surface area contributed by atoms with Gasteiger partial charge in [-0.3, -0.25) is 4.79 Å². The summed E-state index contributed by atoms with van der Waals surface area (Å²) in [5.74, 6) is -1.44. The van der Waals surface area contributed by atoms with Gasteiger partial charge in [-0.05, 0) is 18.6 Å². The molecule has 2 rings (SSSR count). The van der Waals surface area contributed by atoms with Crippen LogP contribution in [0.15, 0.2) is 29.6 Å². The van der Waals surface area contributed by atoms with Crippen LogP contribution in [0.25, 0.3) is 0 Å². The summed E-state index contributed by atoms with van der Waals surface area (Å²) < 4.78 is 0. The van der Waals surface area contributed by atoms with Crippen LogP contribution in [0.3, 0.4) is 0 Å².